The number of halogens is 1. The number of rotatable bonds is 12. The van der Waals surface area contributed by atoms with Gasteiger partial charge in [0, 0.05) is 25.9 Å². The van der Waals surface area contributed by atoms with Crippen LogP contribution in [0.25, 0.3) is 0 Å². The van der Waals surface area contributed by atoms with Crippen LogP contribution in [0, 0.1) is 0 Å². The Labute approximate surface area is 148 Å². The molecule has 0 saturated heterocycles. The summed E-state index contributed by atoms with van der Waals surface area (Å²) in [7, 11) is 2.01. The van der Waals surface area contributed by atoms with Crippen LogP contribution in [-0.4, -0.2) is 35.7 Å². The fourth-order valence-electron chi connectivity index (χ4n) is 2.68. The second-order valence-corrected chi connectivity index (χ2v) is 6.38. The van der Waals surface area contributed by atoms with Gasteiger partial charge in [0.25, 0.3) is 0 Å². The summed E-state index contributed by atoms with van der Waals surface area (Å²) in [5.41, 5.74) is 0. The fourth-order valence-corrected chi connectivity index (χ4v) is 2.68. The molecule has 0 radical (unpaired) electrons. The third-order valence-corrected chi connectivity index (χ3v) is 4.15. The molecule has 0 aliphatic carbocycles. The number of unbranched alkanes of at least 4 members (excludes halogenated alkanes) is 8. The molecule has 23 heavy (non-hydrogen) atoms. The Morgan fingerprint density at radius 2 is 1.61 bits per heavy atom. The Kier molecular flexibility index (Phi) is 13.0. The van der Waals surface area contributed by atoms with E-state index in [0.717, 1.165) is 19.5 Å². The predicted octanol–water partition coefficient (Wildman–Crippen LogP) is 4.89. The van der Waals surface area contributed by atoms with Crippen LogP contribution in [0.5, 0.6) is 0 Å². The van der Waals surface area contributed by atoms with Crippen LogP contribution >= 0.6 is 12.4 Å². The lowest BCUT2D eigenvalue weighted by Crippen LogP contribution is -2.34. The zero-order valence-corrected chi connectivity index (χ0v) is 15.9. The third-order valence-electron chi connectivity index (χ3n) is 4.15. The van der Waals surface area contributed by atoms with E-state index in [1.165, 1.54) is 44.9 Å². The first-order valence-electron chi connectivity index (χ1n) is 8.97. The van der Waals surface area contributed by atoms with Crippen LogP contribution in [0.2, 0.25) is 0 Å². The van der Waals surface area contributed by atoms with Crippen molar-refractivity contribution in [2.45, 2.75) is 84.3 Å². The summed E-state index contributed by atoms with van der Waals surface area (Å²) in [5.74, 6) is -0.0709. The van der Waals surface area contributed by atoms with Gasteiger partial charge in [0.15, 0.2) is 6.23 Å². The zero-order chi connectivity index (χ0) is 16.2. The van der Waals surface area contributed by atoms with Crippen molar-refractivity contribution in [1.82, 2.24) is 9.80 Å². The maximum atomic E-state index is 11.8. The van der Waals surface area contributed by atoms with Crippen LogP contribution in [-0.2, 0) is 9.53 Å². The third kappa shape index (κ3) is 10.5. The normalized spacial score (nSPS) is 14.7. The molecular formula is C18H35ClN2O2. The lowest BCUT2D eigenvalue weighted by Gasteiger charge is -2.25. The van der Waals surface area contributed by atoms with Gasteiger partial charge in [-0.25, -0.2) is 0 Å². The minimum absolute atomic E-state index is 0. The van der Waals surface area contributed by atoms with Gasteiger partial charge in [0.1, 0.15) is 0 Å². The van der Waals surface area contributed by atoms with E-state index in [0.29, 0.717) is 6.42 Å². The topological polar surface area (TPSA) is 32.8 Å². The molecule has 4 nitrogen and oxygen atoms in total. The highest BCUT2D eigenvalue weighted by molar-refractivity contribution is 5.85. The molecule has 5 heteroatoms. The van der Waals surface area contributed by atoms with Gasteiger partial charge in [-0.05, 0) is 13.3 Å². The lowest BCUT2D eigenvalue weighted by atomic mass is 10.1. The van der Waals surface area contributed by atoms with E-state index >= 15 is 0 Å². The van der Waals surface area contributed by atoms with Crippen molar-refractivity contribution in [2.24, 2.45) is 0 Å². The average Bonchev–Trinajstić information content (AvgIpc) is 2.92. The Morgan fingerprint density at radius 3 is 2.13 bits per heavy atom. The molecule has 0 aromatic rings. The minimum atomic E-state index is -0.174. The molecule has 0 bridgehead atoms. The molecular weight excluding hydrogens is 312 g/mol. The molecule has 0 aromatic heterocycles. The van der Waals surface area contributed by atoms with E-state index < -0.39 is 0 Å². The first-order chi connectivity index (χ1) is 10.6. The number of esters is 1. The molecule has 0 amide bonds. The summed E-state index contributed by atoms with van der Waals surface area (Å²) in [5, 5.41) is 0. The number of hydrogen-bond acceptors (Lipinski definition) is 4. The van der Waals surface area contributed by atoms with E-state index in [1.54, 1.807) is 0 Å². The molecule has 1 heterocycles. The van der Waals surface area contributed by atoms with Crippen LogP contribution in [0.4, 0.5) is 0 Å². The van der Waals surface area contributed by atoms with E-state index in [2.05, 4.69) is 11.8 Å². The summed E-state index contributed by atoms with van der Waals surface area (Å²) >= 11 is 0. The molecule has 0 fully saturated rings. The maximum absolute atomic E-state index is 11.8. The van der Waals surface area contributed by atoms with Crippen LogP contribution < -0.4 is 0 Å². The molecule has 0 saturated carbocycles. The van der Waals surface area contributed by atoms with Crippen molar-refractivity contribution >= 4 is 18.4 Å². The molecule has 0 aromatic carbocycles. The lowest BCUT2D eigenvalue weighted by molar-refractivity contribution is -0.155. The minimum Gasteiger partial charge on any atom is -0.442 e. The molecule has 0 N–H and O–H groups in total. The summed E-state index contributed by atoms with van der Waals surface area (Å²) < 4.78 is 5.46. The van der Waals surface area contributed by atoms with E-state index in [1.807, 2.05) is 31.3 Å². The summed E-state index contributed by atoms with van der Waals surface area (Å²) in [6, 6.07) is 0. The number of carbonyl (C=O) groups is 1. The highest BCUT2D eigenvalue weighted by Crippen LogP contribution is 2.13. The van der Waals surface area contributed by atoms with Crippen molar-refractivity contribution in [1.29, 1.82) is 0 Å². The zero-order valence-electron chi connectivity index (χ0n) is 15.1. The summed E-state index contributed by atoms with van der Waals surface area (Å²) in [6.45, 7) is 4.96. The van der Waals surface area contributed by atoms with Crippen molar-refractivity contribution in [3.63, 3.8) is 0 Å². The quantitative estimate of drug-likeness (QED) is 0.372. The van der Waals surface area contributed by atoms with Crippen molar-refractivity contribution in [2.75, 3.05) is 13.7 Å². The van der Waals surface area contributed by atoms with Gasteiger partial charge in [-0.1, -0.05) is 58.3 Å². The number of ether oxygens (including phenoxy) is 1. The molecule has 1 atom stereocenters. The van der Waals surface area contributed by atoms with Gasteiger partial charge in [-0.15, -0.1) is 12.4 Å². The van der Waals surface area contributed by atoms with Gasteiger partial charge >= 0.3 is 5.97 Å². The number of hydrogen-bond donors (Lipinski definition) is 0. The Bertz CT molecular complexity index is 337. The van der Waals surface area contributed by atoms with E-state index in [-0.39, 0.29) is 24.6 Å². The summed E-state index contributed by atoms with van der Waals surface area (Å²) in [6.07, 6.45) is 15.7. The number of nitrogens with zero attached hydrogens (tertiary/aromatic N) is 2. The van der Waals surface area contributed by atoms with E-state index in [4.69, 9.17) is 4.74 Å². The Hall–Kier alpha value is -0.900. The highest BCUT2D eigenvalue weighted by atomic mass is 35.5. The average molecular weight is 347 g/mol. The van der Waals surface area contributed by atoms with Crippen molar-refractivity contribution < 1.29 is 9.53 Å². The first kappa shape index (κ1) is 22.1. The summed E-state index contributed by atoms with van der Waals surface area (Å²) in [4.78, 5) is 15.9. The maximum Gasteiger partial charge on any atom is 0.307 e. The fraction of sp³-hybridized carbons (Fsp3) is 0.833. The highest BCUT2D eigenvalue weighted by Gasteiger charge is 2.18. The first-order valence-corrected chi connectivity index (χ1v) is 8.97. The molecule has 1 aliphatic rings. The van der Waals surface area contributed by atoms with Crippen LogP contribution in [0.15, 0.2) is 12.4 Å². The smallest absolute Gasteiger partial charge is 0.307 e. The van der Waals surface area contributed by atoms with Crippen molar-refractivity contribution in [3.8, 4) is 0 Å². The van der Waals surface area contributed by atoms with Gasteiger partial charge < -0.3 is 14.5 Å². The van der Waals surface area contributed by atoms with Gasteiger partial charge in [-0.2, -0.15) is 0 Å². The van der Waals surface area contributed by atoms with Crippen LogP contribution in [0.1, 0.15) is 78.1 Å². The van der Waals surface area contributed by atoms with E-state index in [9.17, 15) is 4.79 Å². The van der Waals surface area contributed by atoms with Gasteiger partial charge in [-0.3, -0.25) is 4.79 Å². The molecule has 0 spiro atoms. The molecule has 1 rings (SSSR count). The second-order valence-electron chi connectivity index (χ2n) is 6.38. The van der Waals surface area contributed by atoms with Crippen molar-refractivity contribution in [3.05, 3.63) is 12.4 Å². The predicted molar refractivity (Wildman–Crippen MR) is 98.3 cm³/mol. The second kappa shape index (κ2) is 13.5. The molecule has 1 aliphatic heterocycles. The standard InChI is InChI=1S/C18H34N2O2.ClH/c1-4-5-6-7-8-9-10-11-12-13-18(21)22-17(2)20-15-14-19(3)16-20;/h14-15,17H,4-13,16H2,1-3H3;1H. The Morgan fingerprint density at radius 1 is 1.04 bits per heavy atom. The van der Waals surface area contributed by atoms with Crippen LogP contribution in [0.3, 0.4) is 0 Å². The largest absolute Gasteiger partial charge is 0.442 e. The van der Waals surface area contributed by atoms with Gasteiger partial charge in [0.2, 0.25) is 0 Å². The monoisotopic (exact) mass is 346 g/mol. The molecule has 136 valence electrons. The van der Waals surface area contributed by atoms with Gasteiger partial charge in [0.05, 0.1) is 6.67 Å². The SMILES string of the molecule is CCCCCCCCCCCC(=O)OC(C)N1C=CN(C)C1.Cl. The number of carbonyl (C=O) groups excluding carboxylic acids is 1. The Balaban J connectivity index is 0.00000484. The molecule has 1 unspecified atom stereocenters.